The fourth-order valence-corrected chi connectivity index (χ4v) is 9.44. The normalized spacial score (nSPS) is 12.4. The van der Waals surface area contributed by atoms with Gasteiger partial charge in [-0.25, -0.2) is 0 Å². The van der Waals surface area contributed by atoms with Crippen molar-refractivity contribution in [3.8, 4) is 0 Å². The van der Waals surface area contributed by atoms with Gasteiger partial charge < -0.3 is 4.43 Å². The van der Waals surface area contributed by atoms with Gasteiger partial charge in [0, 0.05) is 13.0 Å². The van der Waals surface area contributed by atoms with Gasteiger partial charge in [0.1, 0.15) is 0 Å². The molecule has 0 heterocycles. The first-order valence-electron chi connectivity index (χ1n) is 8.60. The highest BCUT2D eigenvalue weighted by Crippen LogP contribution is 2.42. The SMILES string of the molecule is CC(C)[Si](OCCc1ccc(CC(=O)Cl)cc1)(C(C)C)C(C)C. The molecule has 2 nitrogen and oxygen atoms in total. The highest BCUT2D eigenvalue weighted by molar-refractivity contribution is 6.77. The quantitative estimate of drug-likeness (QED) is 0.418. The molecule has 1 rings (SSSR count). The van der Waals surface area contributed by atoms with E-state index in [1.165, 1.54) is 5.56 Å². The predicted octanol–water partition coefficient (Wildman–Crippen LogP) is 5.73. The van der Waals surface area contributed by atoms with E-state index < -0.39 is 8.32 Å². The van der Waals surface area contributed by atoms with Gasteiger partial charge in [0.05, 0.1) is 0 Å². The maximum Gasteiger partial charge on any atom is 0.226 e. The third-order valence-corrected chi connectivity index (χ3v) is 11.1. The summed E-state index contributed by atoms with van der Waals surface area (Å²) in [6, 6.07) is 8.10. The molecule has 0 fully saturated rings. The molecule has 0 aromatic heterocycles. The molecule has 1 aromatic rings. The summed E-state index contributed by atoms with van der Waals surface area (Å²) in [5.41, 5.74) is 4.04. The van der Waals surface area contributed by atoms with Crippen LogP contribution in [0.3, 0.4) is 0 Å². The van der Waals surface area contributed by atoms with Crippen LogP contribution in [0.4, 0.5) is 0 Å². The third kappa shape index (κ3) is 5.44. The Morgan fingerprint density at radius 3 is 1.78 bits per heavy atom. The fraction of sp³-hybridized carbons (Fsp3) is 0.632. The first-order chi connectivity index (χ1) is 10.7. The molecule has 0 saturated heterocycles. The number of hydrogen-bond acceptors (Lipinski definition) is 2. The van der Waals surface area contributed by atoms with Crippen molar-refractivity contribution in [2.24, 2.45) is 0 Å². The smallest absolute Gasteiger partial charge is 0.226 e. The largest absolute Gasteiger partial charge is 0.416 e. The molecule has 130 valence electrons. The van der Waals surface area contributed by atoms with Crippen molar-refractivity contribution in [2.75, 3.05) is 6.61 Å². The van der Waals surface area contributed by atoms with Crippen molar-refractivity contribution in [2.45, 2.75) is 71.0 Å². The molecule has 0 aliphatic carbocycles. The Hall–Kier alpha value is -0.643. The van der Waals surface area contributed by atoms with Gasteiger partial charge in [0.25, 0.3) is 0 Å². The van der Waals surface area contributed by atoms with E-state index >= 15 is 0 Å². The lowest BCUT2D eigenvalue weighted by Crippen LogP contribution is -2.48. The lowest BCUT2D eigenvalue weighted by Gasteiger charge is -2.42. The fourth-order valence-electron chi connectivity index (χ4n) is 3.83. The van der Waals surface area contributed by atoms with Crippen LogP contribution in [0.25, 0.3) is 0 Å². The van der Waals surface area contributed by atoms with Gasteiger partial charge in [-0.15, -0.1) is 0 Å². The summed E-state index contributed by atoms with van der Waals surface area (Å²) in [4.78, 5) is 10.9. The molecule has 1 aromatic carbocycles. The first-order valence-corrected chi connectivity index (χ1v) is 11.1. The van der Waals surface area contributed by atoms with Gasteiger partial charge in [-0.1, -0.05) is 65.8 Å². The maximum absolute atomic E-state index is 10.9. The van der Waals surface area contributed by atoms with Crippen LogP contribution in [0.1, 0.15) is 52.7 Å². The average Bonchev–Trinajstić information content (AvgIpc) is 2.43. The van der Waals surface area contributed by atoms with E-state index in [4.69, 9.17) is 16.0 Å². The Morgan fingerprint density at radius 1 is 0.957 bits per heavy atom. The summed E-state index contributed by atoms with van der Waals surface area (Å²) in [5.74, 6) is 0. The highest BCUT2D eigenvalue weighted by Gasteiger charge is 2.44. The Morgan fingerprint density at radius 2 is 1.39 bits per heavy atom. The minimum Gasteiger partial charge on any atom is -0.416 e. The van der Waals surface area contributed by atoms with Crippen LogP contribution >= 0.6 is 11.6 Å². The number of carbonyl (C=O) groups excluding carboxylic acids is 1. The Labute approximate surface area is 147 Å². The second kappa shape index (κ2) is 9.00. The monoisotopic (exact) mass is 354 g/mol. The molecule has 0 aliphatic heterocycles. The first kappa shape index (κ1) is 20.4. The topological polar surface area (TPSA) is 26.3 Å². The molecular weight excluding hydrogens is 324 g/mol. The second-order valence-corrected chi connectivity index (χ2v) is 13.1. The number of rotatable bonds is 9. The lowest BCUT2D eigenvalue weighted by molar-refractivity contribution is -0.111. The van der Waals surface area contributed by atoms with E-state index in [-0.39, 0.29) is 5.24 Å². The number of carbonyl (C=O) groups is 1. The van der Waals surface area contributed by atoms with Crippen LogP contribution in [-0.2, 0) is 22.1 Å². The second-order valence-electron chi connectivity index (χ2n) is 7.26. The van der Waals surface area contributed by atoms with Crippen LogP contribution in [0.15, 0.2) is 24.3 Å². The van der Waals surface area contributed by atoms with Crippen LogP contribution in [-0.4, -0.2) is 20.2 Å². The van der Waals surface area contributed by atoms with Crippen molar-refractivity contribution in [1.82, 2.24) is 0 Å². The van der Waals surface area contributed by atoms with Crippen LogP contribution in [0, 0.1) is 0 Å². The van der Waals surface area contributed by atoms with Crippen molar-refractivity contribution in [3.05, 3.63) is 35.4 Å². The minimum absolute atomic E-state index is 0.294. The van der Waals surface area contributed by atoms with Crippen LogP contribution in [0.5, 0.6) is 0 Å². The Balaban J connectivity index is 2.68. The van der Waals surface area contributed by atoms with E-state index in [0.717, 1.165) is 18.6 Å². The van der Waals surface area contributed by atoms with Crippen molar-refractivity contribution < 1.29 is 9.22 Å². The van der Waals surface area contributed by atoms with Crippen LogP contribution in [0.2, 0.25) is 16.6 Å². The molecule has 4 heteroatoms. The summed E-state index contributed by atoms with van der Waals surface area (Å²) in [6.45, 7) is 14.6. The van der Waals surface area contributed by atoms with E-state index in [9.17, 15) is 4.79 Å². The molecule has 0 atom stereocenters. The molecule has 0 aliphatic rings. The molecular formula is C19H31ClO2Si. The predicted molar refractivity (Wildman–Crippen MR) is 102 cm³/mol. The van der Waals surface area contributed by atoms with Crippen molar-refractivity contribution in [1.29, 1.82) is 0 Å². The van der Waals surface area contributed by atoms with Gasteiger partial charge in [-0.3, -0.25) is 4.79 Å². The molecule has 0 radical (unpaired) electrons. The summed E-state index contributed by atoms with van der Waals surface area (Å²) in [7, 11) is -1.78. The number of benzene rings is 1. The molecule has 0 bridgehead atoms. The molecule has 0 amide bonds. The zero-order chi connectivity index (χ0) is 17.6. The van der Waals surface area contributed by atoms with Crippen molar-refractivity contribution >= 4 is 25.2 Å². The van der Waals surface area contributed by atoms with Gasteiger partial charge in [0.15, 0.2) is 8.32 Å². The summed E-state index contributed by atoms with van der Waals surface area (Å²) in [6.07, 6.45) is 1.21. The molecule has 0 spiro atoms. The van der Waals surface area contributed by atoms with Gasteiger partial charge in [0.2, 0.25) is 5.24 Å². The van der Waals surface area contributed by atoms with E-state index in [2.05, 4.69) is 53.7 Å². The highest BCUT2D eigenvalue weighted by atomic mass is 35.5. The summed E-state index contributed by atoms with van der Waals surface area (Å²) < 4.78 is 6.58. The standard InChI is InChI=1S/C19H31ClO2Si/c1-14(2)23(15(3)4,16(5)6)22-12-11-17-7-9-18(10-8-17)13-19(20)21/h7-10,14-16H,11-13H2,1-6H3. The average molecular weight is 355 g/mol. The lowest BCUT2D eigenvalue weighted by atomic mass is 10.1. The van der Waals surface area contributed by atoms with Crippen LogP contribution < -0.4 is 0 Å². The summed E-state index contributed by atoms with van der Waals surface area (Å²) >= 11 is 5.42. The third-order valence-electron chi connectivity index (χ3n) is 4.82. The van der Waals surface area contributed by atoms with E-state index in [1.807, 2.05) is 12.1 Å². The molecule has 23 heavy (non-hydrogen) atoms. The van der Waals surface area contributed by atoms with Gasteiger partial charge in [-0.2, -0.15) is 0 Å². The number of halogens is 1. The Kier molecular flexibility index (Phi) is 7.98. The molecule has 0 unspecified atom stereocenters. The van der Waals surface area contributed by atoms with E-state index in [1.54, 1.807) is 0 Å². The summed E-state index contributed by atoms with van der Waals surface area (Å²) in [5, 5.41) is -0.317. The Bertz CT molecular complexity index is 473. The van der Waals surface area contributed by atoms with Crippen molar-refractivity contribution in [3.63, 3.8) is 0 Å². The molecule has 0 saturated carbocycles. The number of hydrogen-bond donors (Lipinski definition) is 0. The zero-order valence-corrected chi connectivity index (χ0v) is 17.1. The van der Waals surface area contributed by atoms with E-state index in [0.29, 0.717) is 23.0 Å². The maximum atomic E-state index is 10.9. The minimum atomic E-state index is -1.78. The van der Waals surface area contributed by atoms with Gasteiger partial charge in [-0.05, 0) is 45.8 Å². The zero-order valence-electron chi connectivity index (χ0n) is 15.4. The molecule has 0 N–H and O–H groups in total. The van der Waals surface area contributed by atoms with Gasteiger partial charge >= 0.3 is 0 Å².